The Morgan fingerprint density at radius 3 is 2.57 bits per heavy atom. The van der Waals surface area contributed by atoms with Gasteiger partial charge in [-0.05, 0) is 62.4 Å². The van der Waals surface area contributed by atoms with Crippen molar-refractivity contribution in [3.8, 4) is 11.3 Å². The normalized spacial score (nSPS) is 16.2. The van der Waals surface area contributed by atoms with Crippen LogP contribution in [0.5, 0.6) is 0 Å². The maximum atomic E-state index is 13.0. The molecule has 2 aromatic carbocycles. The number of nitrogens with zero attached hydrogens (tertiary/aromatic N) is 4. The smallest absolute Gasteiger partial charge is 0.373 e. The van der Waals surface area contributed by atoms with Crippen molar-refractivity contribution in [2.45, 2.75) is 32.2 Å². The van der Waals surface area contributed by atoms with E-state index in [4.69, 9.17) is 26.3 Å². The number of rotatable bonds is 5. The van der Waals surface area contributed by atoms with E-state index in [0.717, 1.165) is 36.2 Å². The van der Waals surface area contributed by atoms with Crippen molar-refractivity contribution in [3.63, 3.8) is 0 Å². The number of halogens is 4. The van der Waals surface area contributed by atoms with Gasteiger partial charge in [0.05, 0.1) is 40.5 Å². The van der Waals surface area contributed by atoms with E-state index in [2.05, 4.69) is 15.2 Å². The van der Waals surface area contributed by atoms with Crippen molar-refractivity contribution in [1.82, 2.24) is 19.9 Å². The molecule has 37 heavy (non-hydrogen) atoms. The molecule has 192 valence electrons. The van der Waals surface area contributed by atoms with Gasteiger partial charge in [-0.25, -0.2) is 9.97 Å². The second kappa shape index (κ2) is 9.89. The molecule has 1 saturated heterocycles. The van der Waals surface area contributed by atoms with Crippen LogP contribution in [0.3, 0.4) is 0 Å². The van der Waals surface area contributed by atoms with Gasteiger partial charge in [-0.1, -0.05) is 17.7 Å². The highest BCUT2D eigenvalue weighted by Crippen LogP contribution is 2.33. The molecule has 0 spiro atoms. The van der Waals surface area contributed by atoms with Gasteiger partial charge >= 0.3 is 6.18 Å². The SMILES string of the molecule is CC1(C)CN(Cc2nc(Nc3ccc(C(F)(F)F)cc3)c3ccc(-c4ncccc4Cl)cc3n2)CCO1. The van der Waals surface area contributed by atoms with E-state index in [1.54, 1.807) is 18.3 Å². The minimum Gasteiger partial charge on any atom is -0.373 e. The van der Waals surface area contributed by atoms with Crippen molar-refractivity contribution in [1.29, 1.82) is 0 Å². The average molecular weight is 528 g/mol. The van der Waals surface area contributed by atoms with Gasteiger partial charge in [0.2, 0.25) is 0 Å². The predicted molar refractivity (Wildman–Crippen MR) is 138 cm³/mol. The Labute approximate surface area is 217 Å². The zero-order valence-corrected chi connectivity index (χ0v) is 21.1. The molecule has 0 saturated carbocycles. The number of anilines is 2. The van der Waals surface area contributed by atoms with Crippen LogP contribution in [0.4, 0.5) is 24.7 Å². The molecule has 1 N–H and O–H groups in total. The summed E-state index contributed by atoms with van der Waals surface area (Å²) in [5.41, 5.74) is 1.61. The van der Waals surface area contributed by atoms with Crippen LogP contribution in [0.15, 0.2) is 60.8 Å². The molecule has 0 amide bonds. The molecular weight excluding hydrogens is 503 g/mol. The fraction of sp³-hybridized carbons (Fsp3) is 0.296. The fourth-order valence-electron chi connectivity index (χ4n) is 4.42. The van der Waals surface area contributed by atoms with Crippen LogP contribution in [0.2, 0.25) is 5.02 Å². The molecule has 10 heteroatoms. The molecule has 1 aliphatic heterocycles. The number of aromatic nitrogens is 3. The van der Waals surface area contributed by atoms with Crippen LogP contribution in [-0.4, -0.2) is 45.1 Å². The zero-order chi connectivity index (χ0) is 26.2. The van der Waals surface area contributed by atoms with Crippen molar-refractivity contribution in [2.75, 3.05) is 25.0 Å². The third kappa shape index (κ3) is 5.84. The summed E-state index contributed by atoms with van der Waals surface area (Å²) < 4.78 is 44.9. The van der Waals surface area contributed by atoms with Gasteiger partial charge in [-0.2, -0.15) is 13.2 Å². The molecule has 4 aromatic rings. The third-order valence-corrected chi connectivity index (χ3v) is 6.42. The Bertz CT molecular complexity index is 1430. The molecule has 5 rings (SSSR count). The van der Waals surface area contributed by atoms with E-state index in [0.29, 0.717) is 46.7 Å². The van der Waals surface area contributed by atoms with E-state index in [1.165, 1.54) is 12.1 Å². The summed E-state index contributed by atoms with van der Waals surface area (Å²) >= 11 is 6.37. The Morgan fingerprint density at radius 2 is 1.86 bits per heavy atom. The number of morpholine rings is 1. The average Bonchev–Trinajstić information content (AvgIpc) is 2.83. The summed E-state index contributed by atoms with van der Waals surface area (Å²) in [6.07, 6.45) is -2.73. The standard InChI is InChI=1S/C27H25ClF3N5O/c1-26(2)16-36(12-13-37-26)15-23-34-22-14-17(24-21(28)4-3-11-32-24)5-10-20(22)25(35-23)33-19-8-6-18(7-9-19)27(29,30)31/h3-11,14H,12-13,15-16H2,1-2H3,(H,33,34,35). The Kier molecular flexibility index (Phi) is 6.78. The predicted octanol–water partition coefficient (Wildman–Crippen LogP) is 6.72. The van der Waals surface area contributed by atoms with E-state index < -0.39 is 11.7 Å². The van der Waals surface area contributed by atoms with Crippen LogP contribution in [-0.2, 0) is 17.5 Å². The molecule has 1 fully saturated rings. The summed E-state index contributed by atoms with van der Waals surface area (Å²) in [6, 6.07) is 14.1. The Morgan fingerprint density at radius 1 is 1.08 bits per heavy atom. The molecule has 1 aliphatic rings. The minimum absolute atomic E-state index is 0.278. The van der Waals surface area contributed by atoms with Crippen molar-refractivity contribution < 1.29 is 17.9 Å². The number of fused-ring (bicyclic) bond motifs is 1. The first-order chi connectivity index (χ1) is 17.6. The van der Waals surface area contributed by atoms with Crippen LogP contribution >= 0.6 is 11.6 Å². The second-order valence-corrected chi connectivity index (χ2v) is 9.98. The first-order valence-electron chi connectivity index (χ1n) is 11.8. The summed E-state index contributed by atoms with van der Waals surface area (Å²) in [6.45, 7) is 6.66. The van der Waals surface area contributed by atoms with Gasteiger partial charge in [0, 0.05) is 35.9 Å². The van der Waals surface area contributed by atoms with Gasteiger partial charge in [-0.3, -0.25) is 9.88 Å². The molecule has 3 heterocycles. The minimum atomic E-state index is -4.40. The molecule has 0 aliphatic carbocycles. The van der Waals surface area contributed by atoms with Gasteiger partial charge < -0.3 is 10.1 Å². The highest BCUT2D eigenvalue weighted by Gasteiger charge is 2.30. The number of nitrogens with one attached hydrogen (secondary N) is 1. The summed E-state index contributed by atoms with van der Waals surface area (Å²) in [5, 5.41) is 4.43. The molecule has 0 radical (unpaired) electrons. The highest BCUT2D eigenvalue weighted by molar-refractivity contribution is 6.33. The molecule has 0 bridgehead atoms. The lowest BCUT2D eigenvalue weighted by molar-refractivity contribution is -0.137. The fourth-order valence-corrected chi connectivity index (χ4v) is 4.65. The van der Waals surface area contributed by atoms with Crippen molar-refractivity contribution >= 4 is 34.0 Å². The molecule has 6 nitrogen and oxygen atoms in total. The molecule has 0 unspecified atom stereocenters. The summed E-state index contributed by atoms with van der Waals surface area (Å²) in [4.78, 5) is 16.2. The lowest BCUT2D eigenvalue weighted by Gasteiger charge is -2.37. The molecule has 2 aromatic heterocycles. The van der Waals surface area contributed by atoms with Crippen LogP contribution < -0.4 is 5.32 Å². The molecule has 0 atom stereocenters. The first-order valence-corrected chi connectivity index (χ1v) is 12.2. The number of hydrogen-bond acceptors (Lipinski definition) is 6. The lowest BCUT2D eigenvalue weighted by atomic mass is 10.1. The van der Waals surface area contributed by atoms with Gasteiger partial charge in [0.25, 0.3) is 0 Å². The van der Waals surface area contributed by atoms with Gasteiger partial charge in [-0.15, -0.1) is 0 Å². The Hall–Kier alpha value is -3.27. The van der Waals surface area contributed by atoms with Gasteiger partial charge in [0.15, 0.2) is 0 Å². The zero-order valence-electron chi connectivity index (χ0n) is 20.3. The van der Waals surface area contributed by atoms with Crippen molar-refractivity contribution in [2.24, 2.45) is 0 Å². The number of benzene rings is 2. The second-order valence-electron chi connectivity index (χ2n) is 9.57. The lowest BCUT2D eigenvalue weighted by Crippen LogP contribution is -2.47. The maximum absolute atomic E-state index is 13.0. The quantitative estimate of drug-likeness (QED) is 0.311. The monoisotopic (exact) mass is 527 g/mol. The van der Waals surface area contributed by atoms with Crippen LogP contribution in [0.1, 0.15) is 25.2 Å². The van der Waals surface area contributed by atoms with E-state index in [-0.39, 0.29) is 5.60 Å². The van der Waals surface area contributed by atoms with Crippen molar-refractivity contribution in [3.05, 3.63) is 77.2 Å². The largest absolute Gasteiger partial charge is 0.416 e. The number of ether oxygens (including phenoxy) is 1. The summed E-state index contributed by atoms with van der Waals surface area (Å²) in [7, 11) is 0. The number of hydrogen-bond donors (Lipinski definition) is 1. The topological polar surface area (TPSA) is 63.2 Å². The van der Waals surface area contributed by atoms with E-state index >= 15 is 0 Å². The summed E-state index contributed by atoms with van der Waals surface area (Å²) in [5.74, 6) is 1.09. The van der Waals surface area contributed by atoms with Crippen LogP contribution in [0.25, 0.3) is 22.2 Å². The number of alkyl halides is 3. The highest BCUT2D eigenvalue weighted by atomic mass is 35.5. The Balaban J connectivity index is 1.54. The first kappa shape index (κ1) is 25.4. The van der Waals surface area contributed by atoms with Gasteiger partial charge in [0.1, 0.15) is 11.6 Å². The van der Waals surface area contributed by atoms with E-state index in [1.807, 2.05) is 32.0 Å². The number of pyridine rings is 1. The van der Waals surface area contributed by atoms with E-state index in [9.17, 15) is 13.2 Å². The maximum Gasteiger partial charge on any atom is 0.416 e. The molecular formula is C27H25ClF3N5O. The van der Waals surface area contributed by atoms with Crippen LogP contribution in [0, 0.1) is 0 Å². The third-order valence-electron chi connectivity index (χ3n) is 6.12.